The number of amides is 2. The summed E-state index contributed by atoms with van der Waals surface area (Å²) in [6.45, 7) is 4.24. The molecule has 148 valence electrons. The van der Waals surface area contributed by atoms with Gasteiger partial charge in [-0.2, -0.15) is 0 Å². The van der Waals surface area contributed by atoms with E-state index in [-0.39, 0.29) is 11.8 Å². The van der Waals surface area contributed by atoms with Crippen molar-refractivity contribution in [3.05, 3.63) is 89.5 Å². The van der Waals surface area contributed by atoms with Gasteiger partial charge in [0.05, 0.1) is 7.11 Å². The molecule has 0 unspecified atom stereocenters. The Hall–Kier alpha value is -3.60. The molecule has 0 aliphatic heterocycles. The number of benzene rings is 3. The van der Waals surface area contributed by atoms with E-state index in [9.17, 15) is 9.59 Å². The summed E-state index contributed by atoms with van der Waals surface area (Å²) in [4.78, 5) is 25.1. The summed E-state index contributed by atoms with van der Waals surface area (Å²) in [6.07, 6.45) is 0. The van der Waals surface area contributed by atoms with E-state index in [1.165, 1.54) is 5.56 Å². The first-order valence-corrected chi connectivity index (χ1v) is 9.43. The van der Waals surface area contributed by atoms with Gasteiger partial charge in [-0.05, 0) is 66.1 Å². The fourth-order valence-corrected chi connectivity index (χ4v) is 2.83. The number of hydrogen-bond donors (Lipinski definition) is 2. The maximum Gasteiger partial charge on any atom is 0.255 e. The van der Waals surface area contributed by atoms with Crippen molar-refractivity contribution in [3.8, 4) is 5.75 Å². The Labute approximate surface area is 170 Å². The van der Waals surface area contributed by atoms with Crippen LogP contribution in [0.2, 0.25) is 0 Å². The maximum atomic E-state index is 12.6. The highest BCUT2D eigenvalue weighted by Gasteiger charge is 2.11. The quantitative estimate of drug-likeness (QED) is 0.600. The minimum Gasteiger partial charge on any atom is -0.497 e. The van der Waals surface area contributed by atoms with Gasteiger partial charge in [0, 0.05) is 22.5 Å². The molecule has 2 N–H and O–H groups in total. The molecule has 0 aromatic heterocycles. The molecule has 0 aliphatic rings. The Bertz CT molecular complexity index is 993. The molecule has 0 spiro atoms. The summed E-state index contributed by atoms with van der Waals surface area (Å²) in [5.41, 5.74) is 3.40. The fourth-order valence-electron chi connectivity index (χ4n) is 2.83. The van der Waals surface area contributed by atoms with Crippen molar-refractivity contribution in [2.24, 2.45) is 0 Å². The molecule has 3 aromatic rings. The normalized spacial score (nSPS) is 10.5. The average Bonchev–Trinajstić information content (AvgIpc) is 2.74. The minimum absolute atomic E-state index is 0.263. The van der Waals surface area contributed by atoms with Crippen LogP contribution >= 0.6 is 0 Å². The molecule has 0 bridgehead atoms. The SMILES string of the molecule is COc1ccc(NC(=O)c2cccc(C(=O)Nc3ccc(C(C)C)cc3)c2)cc1. The molecule has 5 heteroatoms. The van der Waals surface area contributed by atoms with Crippen LogP contribution in [0.5, 0.6) is 5.75 Å². The Morgan fingerprint density at radius 2 is 1.24 bits per heavy atom. The second-order valence-corrected chi connectivity index (χ2v) is 6.99. The summed E-state index contributed by atoms with van der Waals surface area (Å²) < 4.78 is 5.11. The van der Waals surface area contributed by atoms with Crippen LogP contribution < -0.4 is 15.4 Å². The fraction of sp³-hybridized carbons (Fsp3) is 0.167. The van der Waals surface area contributed by atoms with Gasteiger partial charge < -0.3 is 15.4 Å². The third-order valence-electron chi connectivity index (χ3n) is 4.57. The van der Waals surface area contributed by atoms with Gasteiger partial charge in [-0.1, -0.05) is 32.0 Å². The number of carbonyl (C=O) groups excluding carboxylic acids is 2. The zero-order valence-electron chi connectivity index (χ0n) is 16.7. The third kappa shape index (κ3) is 5.23. The van der Waals surface area contributed by atoms with Gasteiger partial charge in [0.2, 0.25) is 0 Å². The van der Waals surface area contributed by atoms with E-state index in [0.717, 1.165) is 0 Å². The van der Waals surface area contributed by atoms with Crippen LogP contribution in [0.3, 0.4) is 0 Å². The molecule has 0 atom stereocenters. The lowest BCUT2D eigenvalue weighted by Crippen LogP contribution is -2.15. The predicted octanol–water partition coefficient (Wildman–Crippen LogP) is 5.32. The molecule has 0 saturated heterocycles. The number of hydrogen-bond acceptors (Lipinski definition) is 3. The van der Waals surface area contributed by atoms with Crippen molar-refractivity contribution in [2.75, 3.05) is 17.7 Å². The van der Waals surface area contributed by atoms with Crippen LogP contribution in [0.25, 0.3) is 0 Å². The Balaban J connectivity index is 1.68. The zero-order valence-corrected chi connectivity index (χ0v) is 16.7. The summed E-state index contributed by atoms with van der Waals surface area (Å²) in [7, 11) is 1.59. The highest BCUT2D eigenvalue weighted by Crippen LogP contribution is 2.19. The van der Waals surface area contributed by atoms with E-state index in [0.29, 0.717) is 34.2 Å². The molecular weight excluding hydrogens is 364 g/mol. The van der Waals surface area contributed by atoms with Crippen molar-refractivity contribution < 1.29 is 14.3 Å². The van der Waals surface area contributed by atoms with Gasteiger partial charge in [-0.25, -0.2) is 0 Å². The molecule has 0 fully saturated rings. The molecule has 29 heavy (non-hydrogen) atoms. The first-order valence-electron chi connectivity index (χ1n) is 9.43. The summed E-state index contributed by atoms with van der Waals surface area (Å²) >= 11 is 0. The van der Waals surface area contributed by atoms with Gasteiger partial charge >= 0.3 is 0 Å². The van der Waals surface area contributed by atoms with Gasteiger partial charge in [0.1, 0.15) is 5.75 Å². The monoisotopic (exact) mass is 388 g/mol. The van der Waals surface area contributed by atoms with Crippen LogP contribution in [0.1, 0.15) is 46.0 Å². The number of nitrogens with one attached hydrogen (secondary N) is 2. The Kier molecular flexibility index (Phi) is 6.29. The van der Waals surface area contributed by atoms with Crippen molar-refractivity contribution in [2.45, 2.75) is 19.8 Å². The number of anilines is 2. The van der Waals surface area contributed by atoms with Crippen molar-refractivity contribution in [3.63, 3.8) is 0 Å². The van der Waals surface area contributed by atoms with E-state index in [1.54, 1.807) is 55.6 Å². The van der Waals surface area contributed by atoms with E-state index in [2.05, 4.69) is 24.5 Å². The highest BCUT2D eigenvalue weighted by molar-refractivity contribution is 6.08. The van der Waals surface area contributed by atoms with Crippen LogP contribution in [0, 0.1) is 0 Å². The van der Waals surface area contributed by atoms with Crippen LogP contribution in [-0.2, 0) is 0 Å². The first-order chi connectivity index (χ1) is 14.0. The standard InChI is InChI=1S/C24H24N2O3/c1-16(2)17-7-9-20(10-8-17)25-23(27)18-5-4-6-19(15-18)24(28)26-21-11-13-22(29-3)14-12-21/h4-16H,1-3H3,(H,25,27)(H,26,28). The van der Waals surface area contributed by atoms with Crippen molar-refractivity contribution >= 4 is 23.2 Å². The molecule has 0 heterocycles. The molecule has 0 saturated carbocycles. The van der Waals surface area contributed by atoms with Crippen molar-refractivity contribution in [1.29, 1.82) is 0 Å². The van der Waals surface area contributed by atoms with Gasteiger partial charge in [0.25, 0.3) is 11.8 Å². The smallest absolute Gasteiger partial charge is 0.255 e. The molecule has 3 rings (SSSR count). The molecule has 0 radical (unpaired) electrons. The number of carbonyl (C=O) groups is 2. The van der Waals surface area contributed by atoms with Crippen LogP contribution in [0.4, 0.5) is 11.4 Å². The van der Waals surface area contributed by atoms with Crippen molar-refractivity contribution in [1.82, 2.24) is 0 Å². The second-order valence-electron chi connectivity index (χ2n) is 6.99. The number of ether oxygens (including phenoxy) is 1. The zero-order chi connectivity index (χ0) is 20.8. The van der Waals surface area contributed by atoms with Gasteiger partial charge in [-0.3, -0.25) is 9.59 Å². The number of rotatable bonds is 6. The van der Waals surface area contributed by atoms with Crippen LogP contribution in [-0.4, -0.2) is 18.9 Å². The summed E-state index contributed by atoms with van der Waals surface area (Å²) in [5.74, 6) is 0.594. The average molecular weight is 388 g/mol. The summed E-state index contributed by atoms with van der Waals surface area (Å²) in [6, 6.07) is 21.4. The molecule has 0 aliphatic carbocycles. The second kappa shape index (κ2) is 9.06. The molecule has 2 amide bonds. The summed E-state index contributed by atoms with van der Waals surface area (Å²) in [5, 5.41) is 5.68. The lowest BCUT2D eigenvalue weighted by molar-refractivity contribution is 0.102. The Morgan fingerprint density at radius 1 is 0.759 bits per heavy atom. The first kappa shape index (κ1) is 20.1. The number of methoxy groups -OCH3 is 1. The van der Waals surface area contributed by atoms with Gasteiger partial charge in [0.15, 0.2) is 0 Å². The largest absolute Gasteiger partial charge is 0.497 e. The van der Waals surface area contributed by atoms with E-state index < -0.39 is 0 Å². The van der Waals surface area contributed by atoms with Gasteiger partial charge in [-0.15, -0.1) is 0 Å². The van der Waals surface area contributed by atoms with Crippen LogP contribution in [0.15, 0.2) is 72.8 Å². The lowest BCUT2D eigenvalue weighted by atomic mass is 10.0. The third-order valence-corrected chi connectivity index (χ3v) is 4.57. The molecular formula is C24H24N2O3. The lowest BCUT2D eigenvalue weighted by Gasteiger charge is -2.10. The minimum atomic E-state index is -0.286. The van der Waals surface area contributed by atoms with E-state index >= 15 is 0 Å². The predicted molar refractivity (Wildman–Crippen MR) is 116 cm³/mol. The molecule has 5 nitrogen and oxygen atoms in total. The topological polar surface area (TPSA) is 67.4 Å². The van der Waals surface area contributed by atoms with E-state index in [4.69, 9.17) is 4.74 Å². The molecule has 3 aromatic carbocycles. The Morgan fingerprint density at radius 3 is 1.69 bits per heavy atom. The maximum absolute atomic E-state index is 12.6. The van der Waals surface area contributed by atoms with E-state index in [1.807, 2.05) is 24.3 Å². The highest BCUT2D eigenvalue weighted by atomic mass is 16.5.